The van der Waals surface area contributed by atoms with Crippen LogP contribution in [0.1, 0.15) is 5.56 Å². The minimum atomic E-state index is 0.436. The first-order chi connectivity index (χ1) is 8.74. The molecule has 0 aliphatic heterocycles. The second-order valence-corrected chi connectivity index (χ2v) is 3.82. The van der Waals surface area contributed by atoms with E-state index in [-0.39, 0.29) is 0 Å². The summed E-state index contributed by atoms with van der Waals surface area (Å²) in [5, 5.41) is 11.2. The van der Waals surface area contributed by atoms with Gasteiger partial charge in [0.15, 0.2) is 0 Å². The summed E-state index contributed by atoms with van der Waals surface area (Å²) in [6.45, 7) is 1.93. The Morgan fingerprint density at radius 3 is 3.06 bits per heavy atom. The van der Waals surface area contributed by atoms with Gasteiger partial charge in [0.1, 0.15) is 5.75 Å². The van der Waals surface area contributed by atoms with Gasteiger partial charge >= 0.3 is 0 Å². The molecule has 7 heteroatoms. The Hall–Kier alpha value is -2.70. The third kappa shape index (κ3) is 1.71. The zero-order chi connectivity index (χ0) is 12.5. The van der Waals surface area contributed by atoms with Crippen LogP contribution in [0.4, 0.5) is 5.69 Å². The van der Waals surface area contributed by atoms with E-state index < -0.39 is 0 Å². The average Bonchev–Trinajstić information content (AvgIpc) is 2.83. The minimum Gasteiger partial charge on any atom is -0.437 e. The van der Waals surface area contributed by atoms with Crippen molar-refractivity contribution in [1.29, 1.82) is 0 Å². The van der Waals surface area contributed by atoms with Crippen LogP contribution in [-0.2, 0) is 0 Å². The molecule has 0 spiro atoms. The third-order valence-electron chi connectivity index (χ3n) is 2.50. The normalized spacial score (nSPS) is 10.7. The average molecular weight is 242 g/mol. The van der Waals surface area contributed by atoms with Crippen LogP contribution in [0.25, 0.3) is 5.65 Å². The number of nitrogen functional groups attached to an aromatic ring is 1. The summed E-state index contributed by atoms with van der Waals surface area (Å²) >= 11 is 0. The maximum Gasteiger partial charge on any atom is 0.242 e. The van der Waals surface area contributed by atoms with Gasteiger partial charge in [-0.3, -0.25) is 4.98 Å². The zero-order valence-corrected chi connectivity index (χ0v) is 9.61. The highest BCUT2D eigenvalue weighted by Gasteiger charge is 2.08. The molecule has 3 rings (SSSR count). The van der Waals surface area contributed by atoms with Crippen molar-refractivity contribution >= 4 is 11.3 Å². The number of tetrazole rings is 1. The summed E-state index contributed by atoms with van der Waals surface area (Å²) < 4.78 is 7.21. The molecular formula is C11H10N6O. The molecule has 3 aromatic rings. The number of aromatic nitrogens is 5. The summed E-state index contributed by atoms with van der Waals surface area (Å²) in [5.74, 6) is 1.09. The molecule has 1 aromatic carbocycles. The van der Waals surface area contributed by atoms with Crippen molar-refractivity contribution in [1.82, 2.24) is 25.0 Å². The number of ether oxygens (including phenoxy) is 1. The molecule has 2 aromatic heterocycles. The monoisotopic (exact) mass is 242 g/mol. The molecular weight excluding hydrogens is 232 g/mol. The highest BCUT2D eigenvalue weighted by atomic mass is 16.5. The van der Waals surface area contributed by atoms with E-state index in [2.05, 4.69) is 20.5 Å². The summed E-state index contributed by atoms with van der Waals surface area (Å²) in [7, 11) is 0. The van der Waals surface area contributed by atoms with Crippen molar-refractivity contribution in [3.8, 4) is 11.6 Å². The minimum absolute atomic E-state index is 0.436. The molecule has 18 heavy (non-hydrogen) atoms. The number of benzene rings is 1. The van der Waals surface area contributed by atoms with Crippen LogP contribution in [0.2, 0.25) is 0 Å². The van der Waals surface area contributed by atoms with Crippen LogP contribution < -0.4 is 10.5 Å². The van der Waals surface area contributed by atoms with E-state index in [0.717, 1.165) is 5.56 Å². The van der Waals surface area contributed by atoms with Gasteiger partial charge in [-0.25, -0.2) is 0 Å². The quantitative estimate of drug-likeness (QED) is 0.679. The highest BCUT2D eigenvalue weighted by Crippen LogP contribution is 2.26. The molecule has 0 unspecified atom stereocenters. The topological polar surface area (TPSA) is 91.2 Å². The van der Waals surface area contributed by atoms with Crippen LogP contribution in [0.3, 0.4) is 0 Å². The molecule has 0 saturated heterocycles. The summed E-state index contributed by atoms with van der Waals surface area (Å²) in [6, 6.07) is 5.45. The lowest BCUT2D eigenvalue weighted by atomic mass is 10.2. The van der Waals surface area contributed by atoms with Crippen molar-refractivity contribution in [2.45, 2.75) is 6.92 Å². The predicted molar refractivity (Wildman–Crippen MR) is 64.2 cm³/mol. The first kappa shape index (κ1) is 10.5. The van der Waals surface area contributed by atoms with Crippen molar-refractivity contribution < 1.29 is 4.74 Å². The molecule has 0 aliphatic rings. The molecule has 2 N–H and O–H groups in total. The van der Waals surface area contributed by atoms with E-state index in [4.69, 9.17) is 10.5 Å². The molecule has 90 valence electrons. The van der Waals surface area contributed by atoms with E-state index >= 15 is 0 Å². The number of rotatable bonds is 2. The Labute approximate surface area is 102 Å². The van der Waals surface area contributed by atoms with E-state index in [1.165, 1.54) is 4.52 Å². The van der Waals surface area contributed by atoms with Gasteiger partial charge in [-0.1, -0.05) is 6.07 Å². The fraction of sp³-hybridized carbons (Fsp3) is 0.0909. The molecule has 2 heterocycles. The fourth-order valence-corrected chi connectivity index (χ4v) is 1.56. The van der Waals surface area contributed by atoms with Crippen molar-refractivity contribution in [3.05, 3.63) is 36.2 Å². The number of nitrogens with zero attached hydrogens (tertiary/aromatic N) is 5. The van der Waals surface area contributed by atoms with Crippen LogP contribution in [-0.4, -0.2) is 25.0 Å². The Morgan fingerprint density at radius 2 is 2.17 bits per heavy atom. The lowest BCUT2D eigenvalue weighted by molar-refractivity contribution is 0.439. The van der Waals surface area contributed by atoms with E-state index in [0.29, 0.717) is 23.0 Å². The van der Waals surface area contributed by atoms with E-state index in [1.54, 1.807) is 18.5 Å². The Morgan fingerprint density at radius 1 is 1.28 bits per heavy atom. The Balaban J connectivity index is 2.06. The van der Waals surface area contributed by atoms with Gasteiger partial charge in [-0.05, 0) is 29.0 Å². The van der Waals surface area contributed by atoms with Gasteiger partial charge in [0.2, 0.25) is 11.5 Å². The van der Waals surface area contributed by atoms with Gasteiger partial charge in [-0.15, -0.1) is 5.10 Å². The number of aryl methyl sites for hydroxylation is 1. The smallest absolute Gasteiger partial charge is 0.242 e. The number of hydrogen-bond acceptors (Lipinski definition) is 6. The number of anilines is 1. The third-order valence-corrected chi connectivity index (χ3v) is 2.50. The first-order valence-electron chi connectivity index (χ1n) is 5.30. The summed E-state index contributed by atoms with van der Waals surface area (Å²) in [6.07, 6.45) is 3.10. The van der Waals surface area contributed by atoms with Crippen molar-refractivity contribution in [2.75, 3.05) is 5.73 Å². The van der Waals surface area contributed by atoms with Gasteiger partial charge < -0.3 is 10.5 Å². The van der Waals surface area contributed by atoms with Crippen LogP contribution in [0.5, 0.6) is 11.6 Å². The van der Waals surface area contributed by atoms with Gasteiger partial charge in [-0.2, -0.15) is 4.52 Å². The number of fused-ring (bicyclic) bond motifs is 1. The molecule has 0 radical (unpaired) electrons. The fourth-order valence-electron chi connectivity index (χ4n) is 1.56. The number of hydrogen-bond donors (Lipinski definition) is 1. The second kappa shape index (κ2) is 3.95. The molecule has 0 atom stereocenters. The zero-order valence-electron chi connectivity index (χ0n) is 9.61. The van der Waals surface area contributed by atoms with Crippen molar-refractivity contribution in [2.24, 2.45) is 0 Å². The summed E-state index contributed by atoms with van der Waals surface area (Å²) in [4.78, 5) is 4.01. The molecule has 0 fully saturated rings. The van der Waals surface area contributed by atoms with Gasteiger partial charge in [0.25, 0.3) is 0 Å². The SMILES string of the molecule is Cc1ccc(N)cc1Oc1cncc2nnnn12. The van der Waals surface area contributed by atoms with Crippen molar-refractivity contribution in [3.63, 3.8) is 0 Å². The second-order valence-electron chi connectivity index (χ2n) is 3.82. The highest BCUT2D eigenvalue weighted by molar-refractivity contribution is 5.49. The molecule has 7 nitrogen and oxygen atoms in total. The largest absolute Gasteiger partial charge is 0.437 e. The van der Waals surface area contributed by atoms with E-state index in [1.807, 2.05) is 19.1 Å². The van der Waals surface area contributed by atoms with Crippen LogP contribution in [0.15, 0.2) is 30.6 Å². The molecule has 0 bridgehead atoms. The maximum atomic E-state index is 5.74. The number of nitrogens with two attached hydrogens (primary N) is 1. The Bertz CT molecular complexity index is 708. The van der Waals surface area contributed by atoms with Crippen LogP contribution >= 0.6 is 0 Å². The molecule has 0 saturated carbocycles. The first-order valence-corrected chi connectivity index (χ1v) is 5.30. The maximum absolute atomic E-state index is 5.74. The molecule has 0 aliphatic carbocycles. The van der Waals surface area contributed by atoms with Crippen LogP contribution in [0, 0.1) is 6.92 Å². The Kier molecular flexibility index (Phi) is 2.30. The molecule has 0 amide bonds. The summed E-state index contributed by atoms with van der Waals surface area (Å²) in [5.41, 5.74) is 7.85. The van der Waals surface area contributed by atoms with E-state index in [9.17, 15) is 0 Å². The van der Waals surface area contributed by atoms with Gasteiger partial charge in [0.05, 0.1) is 12.4 Å². The van der Waals surface area contributed by atoms with Gasteiger partial charge in [0, 0.05) is 11.8 Å². The lowest BCUT2D eigenvalue weighted by Gasteiger charge is -2.09. The standard InChI is InChI=1S/C11H10N6O/c1-7-2-3-8(12)4-9(7)18-11-6-13-5-10-14-15-16-17(10)11/h2-6H,12H2,1H3. The predicted octanol–water partition coefficient (Wildman–Crippen LogP) is 1.20. The lowest BCUT2D eigenvalue weighted by Crippen LogP contribution is -1.98.